The number of nitrogens with one attached hydrogen (secondary N) is 2. The number of hydrogen-bond acceptors (Lipinski definition) is 5. The predicted molar refractivity (Wildman–Crippen MR) is 71.8 cm³/mol. The number of aliphatic carboxylic acids is 1. The zero-order valence-corrected chi connectivity index (χ0v) is 11.1. The van der Waals surface area contributed by atoms with Gasteiger partial charge in [0.1, 0.15) is 0 Å². The molecule has 1 heterocycles. The molecular weight excluding hydrogens is 284 g/mol. The summed E-state index contributed by atoms with van der Waals surface area (Å²) in [6.07, 6.45) is 0. The van der Waals surface area contributed by atoms with Crippen LogP contribution in [0.3, 0.4) is 0 Å². The van der Waals surface area contributed by atoms with Crippen LogP contribution in [-0.4, -0.2) is 46.4 Å². The molecule has 0 spiro atoms. The fraction of sp³-hybridized carbons (Fsp3) is 0.250. The molecule has 0 bridgehead atoms. The van der Waals surface area contributed by atoms with Crippen molar-refractivity contribution >= 4 is 35.2 Å². The number of aliphatic hydroxyl groups is 1. The molecule has 1 aromatic rings. The largest absolute Gasteiger partial charge is 0.480 e. The Morgan fingerprint density at radius 2 is 2.20 bits per heavy atom. The van der Waals surface area contributed by atoms with Crippen LogP contribution < -0.4 is 10.6 Å². The average Bonchev–Trinajstić information content (AvgIpc) is 2.43. The molecule has 0 saturated carbocycles. The van der Waals surface area contributed by atoms with Crippen LogP contribution in [0, 0.1) is 0 Å². The Hall–Kier alpha value is -2.06. The summed E-state index contributed by atoms with van der Waals surface area (Å²) in [6.45, 7) is -0.696. The van der Waals surface area contributed by atoms with Crippen molar-refractivity contribution in [2.24, 2.45) is 0 Å². The molecule has 2 rings (SSSR count). The van der Waals surface area contributed by atoms with Crippen LogP contribution in [-0.2, 0) is 9.59 Å². The number of carbonyl (C=O) groups excluding carboxylic acids is 2. The average molecular weight is 296 g/mol. The van der Waals surface area contributed by atoms with Gasteiger partial charge < -0.3 is 20.8 Å². The first kappa shape index (κ1) is 14.4. The summed E-state index contributed by atoms with van der Waals surface area (Å²) < 4.78 is 0. The van der Waals surface area contributed by atoms with Crippen molar-refractivity contribution in [2.75, 3.05) is 17.7 Å². The van der Waals surface area contributed by atoms with Crippen molar-refractivity contribution in [3.8, 4) is 0 Å². The zero-order chi connectivity index (χ0) is 14.7. The van der Waals surface area contributed by atoms with Crippen LogP contribution in [0.4, 0.5) is 5.69 Å². The van der Waals surface area contributed by atoms with E-state index in [1.165, 1.54) is 23.9 Å². The number of fused-ring (bicyclic) bond motifs is 1. The first-order valence-electron chi connectivity index (χ1n) is 5.72. The highest BCUT2D eigenvalue weighted by atomic mass is 32.2. The molecule has 0 fully saturated rings. The lowest BCUT2D eigenvalue weighted by Gasteiger charge is -2.17. The molecule has 0 radical (unpaired) electrons. The van der Waals surface area contributed by atoms with Gasteiger partial charge in [-0.05, 0) is 18.2 Å². The Bertz CT molecular complexity index is 575. The molecule has 0 unspecified atom stereocenters. The number of anilines is 1. The minimum atomic E-state index is -1.36. The van der Waals surface area contributed by atoms with E-state index in [1.807, 2.05) is 0 Å². The summed E-state index contributed by atoms with van der Waals surface area (Å²) in [5, 5.41) is 22.5. The van der Waals surface area contributed by atoms with Crippen molar-refractivity contribution in [2.45, 2.75) is 10.9 Å². The molecule has 7 nitrogen and oxygen atoms in total. The van der Waals surface area contributed by atoms with Gasteiger partial charge in [0.25, 0.3) is 5.91 Å². The van der Waals surface area contributed by atoms with Crippen molar-refractivity contribution in [3.63, 3.8) is 0 Å². The molecule has 1 aliphatic rings. The number of amides is 2. The smallest absolute Gasteiger partial charge is 0.328 e. The van der Waals surface area contributed by atoms with E-state index in [-0.39, 0.29) is 11.5 Å². The molecule has 2 amide bonds. The lowest BCUT2D eigenvalue weighted by atomic mass is 10.1. The van der Waals surface area contributed by atoms with Crippen molar-refractivity contribution < 1.29 is 24.6 Å². The SMILES string of the molecule is O=C1CSc2ccc(C(=O)N[C@@H](CO)C(=O)O)cc2N1. The summed E-state index contributed by atoms with van der Waals surface area (Å²) in [7, 11) is 0. The maximum atomic E-state index is 11.9. The van der Waals surface area contributed by atoms with Crippen LogP contribution in [0.1, 0.15) is 10.4 Å². The first-order chi connectivity index (χ1) is 9.51. The van der Waals surface area contributed by atoms with Crippen LogP contribution >= 0.6 is 11.8 Å². The third-order valence-corrected chi connectivity index (χ3v) is 3.73. The highest BCUT2D eigenvalue weighted by Gasteiger charge is 2.21. The molecule has 1 aliphatic heterocycles. The van der Waals surface area contributed by atoms with Gasteiger partial charge in [-0.1, -0.05) is 0 Å². The third kappa shape index (κ3) is 3.09. The Balaban J connectivity index is 2.17. The van der Waals surface area contributed by atoms with Crippen LogP contribution in [0.5, 0.6) is 0 Å². The minimum Gasteiger partial charge on any atom is -0.480 e. The molecule has 0 saturated heterocycles. The Labute approximate surface area is 118 Å². The van der Waals surface area contributed by atoms with E-state index in [2.05, 4.69) is 10.6 Å². The Kier molecular flexibility index (Phi) is 4.26. The lowest BCUT2D eigenvalue weighted by molar-refractivity contribution is -0.140. The molecule has 0 aromatic heterocycles. The number of rotatable bonds is 4. The number of thioether (sulfide) groups is 1. The summed E-state index contributed by atoms with van der Waals surface area (Å²) in [5.41, 5.74) is 0.737. The first-order valence-corrected chi connectivity index (χ1v) is 6.71. The topological polar surface area (TPSA) is 116 Å². The predicted octanol–water partition coefficient (Wildman–Crippen LogP) is -0.0939. The summed E-state index contributed by atoms with van der Waals surface area (Å²) in [6, 6.07) is 3.34. The number of carboxylic acid groups (broad SMARTS) is 1. The van der Waals surface area contributed by atoms with E-state index >= 15 is 0 Å². The second-order valence-corrected chi connectivity index (χ2v) is 5.11. The van der Waals surface area contributed by atoms with Gasteiger partial charge in [0.15, 0.2) is 6.04 Å². The van der Waals surface area contributed by atoms with Gasteiger partial charge in [-0.2, -0.15) is 0 Å². The van der Waals surface area contributed by atoms with Crippen molar-refractivity contribution in [1.29, 1.82) is 0 Å². The van der Waals surface area contributed by atoms with E-state index < -0.39 is 24.5 Å². The van der Waals surface area contributed by atoms with Gasteiger partial charge in [-0.3, -0.25) is 9.59 Å². The zero-order valence-electron chi connectivity index (χ0n) is 10.3. The molecule has 20 heavy (non-hydrogen) atoms. The van der Waals surface area contributed by atoms with Gasteiger partial charge in [0.05, 0.1) is 18.0 Å². The number of aliphatic hydroxyl groups excluding tert-OH is 1. The monoisotopic (exact) mass is 296 g/mol. The van der Waals surface area contributed by atoms with Gasteiger partial charge in [-0.25, -0.2) is 4.79 Å². The van der Waals surface area contributed by atoms with E-state index in [9.17, 15) is 14.4 Å². The van der Waals surface area contributed by atoms with E-state index in [0.717, 1.165) is 4.90 Å². The van der Waals surface area contributed by atoms with Gasteiger partial charge >= 0.3 is 5.97 Å². The highest BCUT2D eigenvalue weighted by Crippen LogP contribution is 2.31. The molecule has 4 N–H and O–H groups in total. The standard InChI is InChI=1S/C12H12N2O5S/c15-4-8(12(18)19)14-11(17)6-1-2-9-7(3-6)13-10(16)5-20-9/h1-3,8,15H,4-5H2,(H,13,16)(H,14,17)(H,18,19)/t8-/m0/s1. The number of benzene rings is 1. The normalized spacial score (nSPS) is 14.9. The van der Waals surface area contributed by atoms with E-state index in [4.69, 9.17) is 10.2 Å². The highest BCUT2D eigenvalue weighted by molar-refractivity contribution is 8.00. The molecule has 1 aromatic carbocycles. The minimum absolute atomic E-state index is 0.154. The van der Waals surface area contributed by atoms with Crippen LogP contribution in [0.2, 0.25) is 0 Å². The third-order valence-electron chi connectivity index (χ3n) is 2.66. The Morgan fingerprint density at radius 1 is 1.45 bits per heavy atom. The van der Waals surface area contributed by atoms with Crippen LogP contribution in [0.15, 0.2) is 23.1 Å². The summed E-state index contributed by atoms with van der Waals surface area (Å²) >= 11 is 1.36. The quantitative estimate of drug-likeness (QED) is 0.617. The molecular formula is C12H12N2O5S. The molecule has 0 aliphatic carbocycles. The van der Waals surface area contributed by atoms with Crippen molar-refractivity contribution in [1.82, 2.24) is 5.32 Å². The summed E-state index contributed by atoms with van der Waals surface area (Å²) in [5.74, 6) is -1.77. The maximum absolute atomic E-state index is 11.9. The van der Waals surface area contributed by atoms with Gasteiger partial charge in [0.2, 0.25) is 5.91 Å². The molecule has 106 valence electrons. The van der Waals surface area contributed by atoms with Crippen molar-refractivity contribution in [3.05, 3.63) is 23.8 Å². The Morgan fingerprint density at radius 3 is 2.85 bits per heavy atom. The van der Waals surface area contributed by atoms with Gasteiger partial charge in [0, 0.05) is 10.5 Å². The number of carboxylic acids is 1. The molecule has 8 heteroatoms. The number of hydrogen-bond donors (Lipinski definition) is 4. The van der Waals surface area contributed by atoms with E-state index in [0.29, 0.717) is 11.4 Å². The lowest BCUT2D eigenvalue weighted by Crippen LogP contribution is -2.43. The van der Waals surface area contributed by atoms with Gasteiger partial charge in [-0.15, -0.1) is 11.8 Å². The maximum Gasteiger partial charge on any atom is 0.328 e. The van der Waals surface area contributed by atoms with E-state index in [1.54, 1.807) is 6.07 Å². The second-order valence-electron chi connectivity index (χ2n) is 4.09. The second kappa shape index (κ2) is 5.93. The fourth-order valence-corrected chi connectivity index (χ4v) is 2.44. The number of carbonyl (C=O) groups is 3. The van der Waals surface area contributed by atoms with Crippen LogP contribution in [0.25, 0.3) is 0 Å². The molecule has 1 atom stereocenters. The fourth-order valence-electron chi connectivity index (χ4n) is 1.65. The summed E-state index contributed by atoms with van der Waals surface area (Å²) in [4.78, 5) is 34.7.